The number of rotatable bonds is 5. The van der Waals surface area contributed by atoms with Crippen LogP contribution in [0.1, 0.15) is 46.5 Å². The van der Waals surface area contributed by atoms with Crippen LogP contribution in [0.5, 0.6) is 0 Å². The fourth-order valence-corrected chi connectivity index (χ4v) is 7.13. The van der Waals surface area contributed by atoms with Crippen molar-refractivity contribution in [2.75, 3.05) is 31.7 Å². The van der Waals surface area contributed by atoms with Crippen LogP contribution in [0.25, 0.3) is 0 Å². The van der Waals surface area contributed by atoms with Gasteiger partial charge in [0.15, 0.2) is 16.4 Å². The summed E-state index contributed by atoms with van der Waals surface area (Å²) in [6.45, 7) is 4.99. The molecule has 0 unspecified atom stereocenters. The highest BCUT2D eigenvalue weighted by atomic mass is 32.2. The normalized spacial score (nSPS) is 31.5. The van der Waals surface area contributed by atoms with Crippen molar-refractivity contribution in [1.82, 2.24) is 15.1 Å². The number of sulfone groups is 1. The zero-order valence-corrected chi connectivity index (χ0v) is 19.3. The van der Waals surface area contributed by atoms with E-state index in [1.165, 1.54) is 11.9 Å². The maximum Gasteiger partial charge on any atom is 0.326 e. The number of hydrogen-bond acceptors (Lipinski definition) is 7. The zero-order valence-electron chi connectivity index (χ0n) is 18.5. The first kappa shape index (κ1) is 23.5. The molecule has 0 aromatic rings. The van der Waals surface area contributed by atoms with Gasteiger partial charge in [0, 0.05) is 13.1 Å². The number of carbonyl (C=O) groups excluding carboxylic acids is 4. The molecule has 2 heterocycles. The number of hydrogen-bond donors (Lipinski definition) is 1. The first-order valence-electron chi connectivity index (χ1n) is 10.5. The van der Waals surface area contributed by atoms with Crippen molar-refractivity contribution in [3.63, 3.8) is 0 Å². The van der Waals surface area contributed by atoms with E-state index in [0.29, 0.717) is 19.3 Å². The van der Waals surface area contributed by atoms with Gasteiger partial charge < -0.3 is 15.0 Å². The van der Waals surface area contributed by atoms with Crippen LogP contribution in [0.2, 0.25) is 0 Å². The van der Waals surface area contributed by atoms with Crippen LogP contribution in [-0.2, 0) is 29.0 Å². The van der Waals surface area contributed by atoms with Gasteiger partial charge in [-0.2, -0.15) is 0 Å². The summed E-state index contributed by atoms with van der Waals surface area (Å²) in [5, 5.41) is 2.79. The van der Waals surface area contributed by atoms with Gasteiger partial charge in [-0.3, -0.25) is 19.3 Å². The highest BCUT2D eigenvalue weighted by molar-refractivity contribution is 7.91. The van der Waals surface area contributed by atoms with Crippen LogP contribution < -0.4 is 5.32 Å². The molecule has 2 saturated heterocycles. The van der Waals surface area contributed by atoms with Crippen molar-refractivity contribution in [1.29, 1.82) is 0 Å². The van der Waals surface area contributed by atoms with Gasteiger partial charge in [-0.15, -0.1) is 0 Å². The highest BCUT2D eigenvalue weighted by Crippen LogP contribution is 2.46. The monoisotopic (exact) mass is 457 g/mol. The molecule has 0 aromatic heterocycles. The molecular formula is C20H31N3O7S. The average Bonchev–Trinajstić information content (AvgIpc) is 3.09. The van der Waals surface area contributed by atoms with Gasteiger partial charge in [0.05, 0.1) is 11.5 Å². The molecule has 4 amide bonds. The molecule has 11 heteroatoms. The Bertz CT molecular complexity index is 900. The molecule has 0 bridgehead atoms. The molecule has 1 N–H and O–H groups in total. The first-order valence-corrected chi connectivity index (χ1v) is 12.3. The van der Waals surface area contributed by atoms with Crippen LogP contribution in [0.3, 0.4) is 0 Å². The van der Waals surface area contributed by atoms with Crippen molar-refractivity contribution >= 4 is 33.7 Å². The molecule has 10 nitrogen and oxygen atoms in total. The lowest BCUT2D eigenvalue weighted by atomic mass is 9.64. The summed E-state index contributed by atoms with van der Waals surface area (Å²) in [6, 6.07) is -1.08. The molecule has 1 spiro atoms. The van der Waals surface area contributed by atoms with E-state index in [2.05, 4.69) is 19.2 Å². The summed E-state index contributed by atoms with van der Waals surface area (Å²) in [6.07, 6.45) is 2.30. The maximum absolute atomic E-state index is 13.0. The number of ether oxygens (including phenoxy) is 1. The molecule has 2 aliphatic heterocycles. The molecule has 1 saturated carbocycles. The second kappa shape index (κ2) is 8.07. The third-order valence-electron chi connectivity index (χ3n) is 6.42. The van der Waals surface area contributed by atoms with Gasteiger partial charge in [0.1, 0.15) is 12.1 Å². The largest absolute Gasteiger partial charge is 0.454 e. The van der Waals surface area contributed by atoms with Gasteiger partial charge in [0.2, 0.25) is 0 Å². The number of amides is 4. The zero-order chi connectivity index (χ0) is 23.2. The number of likely N-dealkylation sites (N-methyl/N-ethyl adjacent to an activating group) is 1. The SMILES string of the molecule is C[C@@H]1CC(C)(C)C[C@]2(C1)NC(=O)N(CC(=O)OCC(=O)N(C)[C@H]1CCS(=O)(=O)C1)C2=O. The summed E-state index contributed by atoms with van der Waals surface area (Å²) < 4.78 is 28.1. The highest BCUT2D eigenvalue weighted by Gasteiger charge is 2.56. The number of nitrogens with one attached hydrogen (secondary N) is 1. The molecule has 0 aromatic carbocycles. The molecule has 174 valence electrons. The smallest absolute Gasteiger partial charge is 0.326 e. The Morgan fingerprint density at radius 3 is 2.52 bits per heavy atom. The van der Waals surface area contributed by atoms with Gasteiger partial charge in [0.25, 0.3) is 11.8 Å². The summed E-state index contributed by atoms with van der Waals surface area (Å²) in [5.74, 6) is -1.68. The Hall–Kier alpha value is -2.17. The topological polar surface area (TPSA) is 130 Å². The minimum Gasteiger partial charge on any atom is -0.454 e. The Morgan fingerprint density at radius 2 is 1.94 bits per heavy atom. The Morgan fingerprint density at radius 1 is 1.26 bits per heavy atom. The Kier molecular flexibility index (Phi) is 6.11. The van der Waals surface area contributed by atoms with Crippen LogP contribution >= 0.6 is 0 Å². The van der Waals surface area contributed by atoms with Gasteiger partial charge in [-0.05, 0) is 37.0 Å². The van der Waals surface area contributed by atoms with Crippen molar-refractivity contribution in [3.05, 3.63) is 0 Å². The number of nitrogens with zero attached hydrogens (tertiary/aromatic N) is 2. The van der Waals surface area contributed by atoms with Gasteiger partial charge in [-0.1, -0.05) is 20.8 Å². The number of esters is 1. The van der Waals surface area contributed by atoms with Crippen molar-refractivity contribution in [3.8, 4) is 0 Å². The summed E-state index contributed by atoms with van der Waals surface area (Å²) in [4.78, 5) is 52.1. The standard InChI is InChI=1S/C20H31N3O7S/c1-13-7-19(2,3)12-20(8-13)17(26)23(18(27)21-20)9-16(25)30-10-15(24)22(4)14-5-6-31(28,29)11-14/h13-14H,5-12H2,1-4H3,(H,21,27)/t13-,14+,20+/m1/s1. The minimum absolute atomic E-state index is 0.0262. The average molecular weight is 458 g/mol. The van der Waals surface area contributed by atoms with E-state index in [-0.39, 0.29) is 22.8 Å². The molecule has 31 heavy (non-hydrogen) atoms. The third kappa shape index (κ3) is 5.02. The van der Waals surface area contributed by atoms with Gasteiger partial charge >= 0.3 is 12.0 Å². The number of carbonyl (C=O) groups is 4. The molecular weight excluding hydrogens is 426 g/mol. The molecule has 3 fully saturated rings. The van der Waals surface area contributed by atoms with E-state index in [9.17, 15) is 27.6 Å². The van der Waals surface area contributed by atoms with E-state index in [4.69, 9.17) is 4.74 Å². The molecule has 0 radical (unpaired) electrons. The lowest BCUT2D eigenvalue weighted by Crippen LogP contribution is -2.54. The van der Waals surface area contributed by atoms with E-state index in [0.717, 1.165) is 11.3 Å². The molecule has 3 atom stereocenters. The second-order valence-electron chi connectivity index (χ2n) is 9.98. The lowest BCUT2D eigenvalue weighted by molar-refractivity contribution is -0.154. The third-order valence-corrected chi connectivity index (χ3v) is 8.17. The van der Waals surface area contributed by atoms with Crippen molar-refractivity contribution in [2.45, 2.75) is 58.0 Å². The van der Waals surface area contributed by atoms with Crippen LogP contribution in [-0.4, -0.2) is 85.3 Å². The Balaban J connectivity index is 1.55. The van der Waals surface area contributed by atoms with E-state index < -0.39 is 58.4 Å². The van der Waals surface area contributed by atoms with E-state index in [1.54, 1.807) is 0 Å². The van der Waals surface area contributed by atoms with E-state index in [1.807, 2.05) is 6.92 Å². The van der Waals surface area contributed by atoms with Crippen LogP contribution in [0.15, 0.2) is 0 Å². The predicted molar refractivity (Wildman–Crippen MR) is 111 cm³/mol. The summed E-state index contributed by atoms with van der Waals surface area (Å²) in [5.41, 5.74) is -1.13. The second-order valence-corrected chi connectivity index (χ2v) is 12.2. The molecule has 1 aliphatic carbocycles. The van der Waals surface area contributed by atoms with Crippen LogP contribution in [0.4, 0.5) is 4.79 Å². The maximum atomic E-state index is 13.0. The van der Waals surface area contributed by atoms with Crippen molar-refractivity contribution in [2.24, 2.45) is 11.3 Å². The number of imide groups is 1. The fraction of sp³-hybridized carbons (Fsp3) is 0.800. The minimum atomic E-state index is -3.15. The quantitative estimate of drug-likeness (QED) is 0.464. The van der Waals surface area contributed by atoms with Gasteiger partial charge in [-0.25, -0.2) is 13.2 Å². The summed E-state index contributed by atoms with van der Waals surface area (Å²) in [7, 11) is -1.68. The molecule has 3 aliphatic rings. The van der Waals surface area contributed by atoms with Crippen LogP contribution in [0, 0.1) is 11.3 Å². The summed E-state index contributed by atoms with van der Waals surface area (Å²) >= 11 is 0. The fourth-order valence-electron chi connectivity index (χ4n) is 5.35. The number of urea groups is 1. The van der Waals surface area contributed by atoms with Crippen molar-refractivity contribution < 1.29 is 32.3 Å². The Labute approximate surface area is 182 Å². The van der Waals surface area contributed by atoms with E-state index >= 15 is 0 Å². The predicted octanol–water partition coefficient (Wildman–Crippen LogP) is 0.312. The molecule has 3 rings (SSSR count). The first-order chi connectivity index (χ1) is 14.2. The lowest BCUT2D eigenvalue weighted by Gasteiger charge is -2.43.